The number of amides is 2. The first-order chi connectivity index (χ1) is 17.3. The molecule has 0 saturated carbocycles. The molecule has 2 amide bonds. The van der Waals surface area contributed by atoms with Gasteiger partial charge >= 0.3 is 23.9 Å². The van der Waals surface area contributed by atoms with E-state index in [0.717, 1.165) is 0 Å². The summed E-state index contributed by atoms with van der Waals surface area (Å²) in [6, 6.07) is 0. The zero-order chi connectivity index (χ0) is 28.3. The van der Waals surface area contributed by atoms with E-state index in [1.165, 1.54) is 32.6 Å². The number of esters is 4. The summed E-state index contributed by atoms with van der Waals surface area (Å²) in [6.07, 6.45) is 0. The summed E-state index contributed by atoms with van der Waals surface area (Å²) in [6.45, 7) is 4.01. The van der Waals surface area contributed by atoms with Gasteiger partial charge in [-0.3, -0.25) is 28.8 Å². The molecule has 12 nitrogen and oxygen atoms in total. The number of anilines is 1. The normalized spacial score (nSPS) is 10.2. The van der Waals surface area contributed by atoms with Gasteiger partial charge in [-0.15, -0.1) is 0 Å². The molecular weight excluding hydrogens is 833 g/mol. The fourth-order valence-electron chi connectivity index (χ4n) is 2.73. The molecule has 0 bridgehead atoms. The van der Waals surface area contributed by atoms with Crippen molar-refractivity contribution in [1.82, 2.24) is 4.90 Å². The lowest BCUT2D eigenvalue weighted by Gasteiger charge is -2.26. The average Bonchev–Trinajstić information content (AvgIpc) is 2.78. The Labute approximate surface area is 254 Å². The van der Waals surface area contributed by atoms with Gasteiger partial charge in [0.05, 0.1) is 27.9 Å². The Morgan fingerprint density at radius 3 is 1.65 bits per heavy atom. The van der Waals surface area contributed by atoms with Crippen LogP contribution >= 0.6 is 67.8 Å². The Hall–Kier alpha value is -1.77. The number of hydrogen-bond acceptors (Lipinski definition) is 10. The van der Waals surface area contributed by atoms with Crippen LogP contribution in [-0.4, -0.2) is 73.5 Å². The lowest BCUT2D eigenvalue weighted by Crippen LogP contribution is -2.38. The Kier molecular flexibility index (Phi) is 14.6. The van der Waals surface area contributed by atoms with Crippen molar-refractivity contribution in [3.05, 3.63) is 21.8 Å². The molecule has 0 radical (unpaired) electrons. The Balaban J connectivity index is 3.53. The number of carbonyl (C=O) groups is 6. The third-order valence-electron chi connectivity index (χ3n) is 4.33. The van der Waals surface area contributed by atoms with E-state index in [0.29, 0.717) is 16.3 Å². The third-order valence-corrected chi connectivity index (χ3v) is 7.79. The molecule has 0 spiro atoms. The summed E-state index contributed by atoms with van der Waals surface area (Å²) in [5.74, 6) is -3.35. The van der Waals surface area contributed by atoms with E-state index in [-0.39, 0.29) is 44.2 Å². The second kappa shape index (κ2) is 16.2. The van der Waals surface area contributed by atoms with Crippen LogP contribution in [-0.2, 0) is 49.5 Å². The molecule has 0 unspecified atom stereocenters. The summed E-state index contributed by atoms with van der Waals surface area (Å²) in [4.78, 5) is 72.5. The van der Waals surface area contributed by atoms with E-state index < -0.39 is 42.3 Å². The van der Waals surface area contributed by atoms with Crippen LogP contribution in [0, 0.1) is 10.7 Å². The van der Waals surface area contributed by atoms with Crippen LogP contribution in [0.5, 0.6) is 0 Å². The first kappa shape index (κ1) is 33.3. The number of benzene rings is 1. The summed E-state index contributed by atoms with van der Waals surface area (Å²) >= 11 is 5.84. The fourth-order valence-corrected chi connectivity index (χ4v) is 6.94. The van der Waals surface area contributed by atoms with Gasteiger partial charge < -0.3 is 29.2 Å². The fraction of sp³-hybridized carbons (Fsp3) is 0.455. The molecule has 0 atom stereocenters. The van der Waals surface area contributed by atoms with Crippen molar-refractivity contribution in [3.63, 3.8) is 0 Å². The maximum Gasteiger partial charge on any atom is 0.303 e. The largest absolute Gasteiger partial charge is 0.464 e. The maximum atomic E-state index is 13.7. The lowest BCUT2D eigenvalue weighted by molar-refractivity contribution is -0.145. The number of rotatable bonds is 12. The van der Waals surface area contributed by atoms with Crippen LogP contribution < -0.4 is 5.32 Å². The Morgan fingerprint density at radius 1 is 0.703 bits per heavy atom. The minimum Gasteiger partial charge on any atom is -0.464 e. The molecule has 0 fully saturated rings. The van der Waals surface area contributed by atoms with Crippen molar-refractivity contribution >= 4 is 109 Å². The van der Waals surface area contributed by atoms with Crippen molar-refractivity contribution in [2.45, 2.75) is 34.3 Å². The van der Waals surface area contributed by atoms with Crippen molar-refractivity contribution in [1.29, 1.82) is 0 Å². The Bertz CT molecular complexity index is 1060. The molecule has 0 aliphatic carbocycles. The number of nitrogens with zero attached hydrogens (tertiary/aromatic N) is 1. The van der Waals surface area contributed by atoms with Gasteiger partial charge in [0.2, 0.25) is 0 Å². The standard InChI is InChI=1S/C22H25I3N2O10/c1-11(28)34-7-5-27(6-8-35-12(2)29)22(33)17-18(23)15(9-36-13(3)30)19(24)21(20(17)25)26-16(32)10-37-14(4)31/h5-10H2,1-4H3,(H,26,32). The van der Waals surface area contributed by atoms with Gasteiger partial charge in [-0.25, -0.2) is 0 Å². The van der Waals surface area contributed by atoms with E-state index >= 15 is 0 Å². The number of halogens is 3. The van der Waals surface area contributed by atoms with E-state index in [9.17, 15) is 28.8 Å². The van der Waals surface area contributed by atoms with Crippen LogP contribution in [0.4, 0.5) is 5.69 Å². The van der Waals surface area contributed by atoms with E-state index in [4.69, 9.17) is 18.9 Å². The highest BCUT2D eigenvalue weighted by Gasteiger charge is 2.29. The van der Waals surface area contributed by atoms with Gasteiger partial charge in [0, 0.05) is 40.4 Å². The molecule has 0 heterocycles. The highest BCUT2D eigenvalue weighted by molar-refractivity contribution is 14.1. The first-order valence-electron chi connectivity index (χ1n) is 10.6. The third kappa shape index (κ3) is 11.2. The van der Waals surface area contributed by atoms with E-state index in [1.54, 1.807) is 0 Å². The zero-order valence-electron chi connectivity index (χ0n) is 20.4. The first-order valence-corrected chi connectivity index (χ1v) is 13.8. The lowest BCUT2D eigenvalue weighted by atomic mass is 10.1. The van der Waals surface area contributed by atoms with Crippen LogP contribution in [0.15, 0.2) is 0 Å². The topological polar surface area (TPSA) is 155 Å². The van der Waals surface area contributed by atoms with Crippen LogP contribution in [0.1, 0.15) is 43.6 Å². The highest BCUT2D eigenvalue weighted by atomic mass is 127. The minimum absolute atomic E-state index is 0.00521. The average molecular weight is 858 g/mol. The van der Waals surface area contributed by atoms with E-state index in [2.05, 4.69) is 5.32 Å². The maximum absolute atomic E-state index is 13.7. The summed E-state index contributed by atoms with van der Waals surface area (Å²) in [7, 11) is 0. The molecule has 204 valence electrons. The minimum atomic E-state index is -0.634. The second-order valence-corrected chi connectivity index (χ2v) is 10.5. The number of carbonyl (C=O) groups excluding carboxylic acids is 6. The second-order valence-electron chi connectivity index (χ2n) is 7.25. The molecule has 0 aliphatic heterocycles. The molecule has 1 N–H and O–H groups in total. The zero-order valence-corrected chi connectivity index (χ0v) is 26.9. The predicted molar refractivity (Wildman–Crippen MR) is 154 cm³/mol. The quantitative estimate of drug-likeness (QED) is 0.189. The number of nitrogens with one attached hydrogen (secondary N) is 1. The van der Waals surface area contributed by atoms with Crippen LogP contribution in [0.3, 0.4) is 0 Å². The molecule has 1 aromatic carbocycles. The summed E-state index contributed by atoms with van der Waals surface area (Å²) in [5, 5.41) is 2.66. The molecular formula is C22H25I3N2O10. The van der Waals surface area contributed by atoms with Crippen molar-refractivity contribution in [3.8, 4) is 0 Å². The van der Waals surface area contributed by atoms with Gasteiger partial charge in [0.1, 0.15) is 19.8 Å². The molecule has 0 aliphatic rings. The van der Waals surface area contributed by atoms with Gasteiger partial charge in [-0.05, 0) is 67.8 Å². The molecule has 15 heteroatoms. The SMILES string of the molecule is CC(=O)OCCN(CCOC(C)=O)C(=O)c1c(I)c(COC(C)=O)c(I)c(NC(=O)COC(C)=O)c1I. The predicted octanol–water partition coefficient (Wildman–Crippen LogP) is 2.63. The molecule has 37 heavy (non-hydrogen) atoms. The molecule has 1 aromatic rings. The van der Waals surface area contributed by atoms with Crippen LogP contribution in [0.2, 0.25) is 0 Å². The summed E-state index contributed by atoms with van der Waals surface area (Å²) < 4.78 is 21.2. The van der Waals surface area contributed by atoms with Gasteiger partial charge in [-0.2, -0.15) is 0 Å². The van der Waals surface area contributed by atoms with Gasteiger partial charge in [-0.1, -0.05) is 0 Å². The van der Waals surface area contributed by atoms with Crippen LogP contribution in [0.25, 0.3) is 0 Å². The van der Waals surface area contributed by atoms with E-state index in [1.807, 2.05) is 67.8 Å². The Morgan fingerprint density at radius 2 is 1.19 bits per heavy atom. The molecule has 0 saturated heterocycles. The number of hydrogen-bond donors (Lipinski definition) is 1. The monoisotopic (exact) mass is 858 g/mol. The molecule has 0 aromatic heterocycles. The smallest absolute Gasteiger partial charge is 0.303 e. The van der Waals surface area contributed by atoms with Gasteiger partial charge in [0.15, 0.2) is 6.61 Å². The number of ether oxygens (including phenoxy) is 4. The van der Waals surface area contributed by atoms with Crippen molar-refractivity contribution in [2.75, 3.05) is 38.2 Å². The highest BCUT2D eigenvalue weighted by Crippen LogP contribution is 2.37. The van der Waals surface area contributed by atoms with Gasteiger partial charge in [0.25, 0.3) is 11.8 Å². The molecule has 1 rings (SSSR count). The summed E-state index contributed by atoms with van der Waals surface area (Å²) in [5.41, 5.74) is 0.935. The van der Waals surface area contributed by atoms with Crippen molar-refractivity contribution < 1.29 is 47.7 Å². The van der Waals surface area contributed by atoms with Crippen molar-refractivity contribution in [2.24, 2.45) is 0 Å².